The third-order valence-corrected chi connectivity index (χ3v) is 6.34. The fourth-order valence-electron chi connectivity index (χ4n) is 3.87. The summed E-state index contributed by atoms with van der Waals surface area (Å²) in [7, 11) is 1.60. The summed E-state index contributed by atoms with van der Waals surface area (Å²) < 4.78 is 5.19. The number of aryl methyl sites for hydroxylation is 2. The van der Waals surface area contributed by atoms with Gasteiger partial charge in [-0.05, 0) is 67.3 Å². The fraction of sp³-hybridized carbons (Fsp3) is 0.280. The maximum Gasteiger partial charge on any atom is 0.283 e. The van der Waals surface area contributed by atoms with Gasteiger partial charge in [0.15, 0.2) is 5.17 Å². The minimum atomic E-state index is -0.261. The van der Waals surface area contributed by atoms with Gasteiger partial charge in [-0.15, -0.1) is 0 Å². The molecule has 2 aliphatic heterocycles. The average Bonchev–Trinajstić information content (AvgIpc) is 3.35. The third kappa shape index (κ3) is 5.01. The molecule has 2 heterocycles. The minimum Gasteiger partial charge on any atom is -0.497 e. The Morgan fingerprint density at radius 2 is 1.82 bits per heavy atom. The molecule has 3 amide bonds. The van der Waals surface area contributed by atoms with Crippen LogP contribution in [0.4, 0.5) is 5.69 Å². The fourth-order valence-corrected chi connectivity index (χ4v) is 4.76. The van der Waals surface area contributed by atoms with E-state index in [2.05, 4.69) is 4.99 Å². The van der Waals surface area contributed by atoms with Crippen molar-refractivity contribution in [3.05, 3.63) is 64.9 Å². The molecule has 1 saturated heterocycles. The molecule has 2 aliphatic rings. The highest BCUT2D eigenvalue weighted by molar-refractivity contribution is 8.14. The van der Waals surface area contributed by atoms with Gasteiger partial charge < -0.3 is 4.74 Å². The van der Waals surface area contributed by atoms with Gasteiger partial charge in [0.25, 0.3) is 5.91 Å². The zero-order chi connectivity index (χ0) is 23.5. The Morgan fingerprint density at radius 3 is 2.42 bits per heavy atom. The van der Waals surface area contributed by atoms with Gasteiger partial charge in [-0.1, -0.05) is 30.0 Å². The highest BCUT2D eigenvalue weighted by Gasteiger charge is 2.34. The van der Waals surface area contributed by atoms with Crippen LogP contribution in [-0.2, 0) is 14.4 Å². The monoisotopic (exact) mass is 463 g/mol. The summed E-state index contributed by atoms with van der Waals surface area (Å²) >= 11 is 1.17. The van der Waals surface area contributed by atoms with Gasteiger partial charge in [0.2, 0.25) is 11.8 Å². The second kappa shape index (κ2) is 9.62. The molecule has 2 aromatic carbocycles. The molecular formula is C25H25N3O4S. The first-order valence-electron chi connectivity index (χ1n) is 10.7. The van der Waals surface area contributed by atoms with E-state index >= 15 is 0 Å². The number of thioether (sulfide) groups is 1. The number of aliphatic imine (C=N–C) groups is 1. The smallest absolute Gasteiger partial charge is 0.283 e. The van der Waals surface area contributed by atoms with Crippen molar-refractivity contribution in [3.8, 4) is 5.75 Å². The molecule has 0 aromatic heterocycles. The Kier molecular flexibility index (Phi) is 6.65. The van der Waals surface area contributed by atoms with Crippen molar-refractivity contribution in [2.45, 2.75) is 26.7 Å². The summed E-state index contributed by atoms with van der Waals surface area (Å²) in [6.45, 7) is 4.39. The second-order valence-corrected chi connectivity index (χ2v) is 8.96. The first kappa shape index (κ1) is 22.8. The number of rotatable bonds is 5. The van der Waals surface area contributed by atoms with E-state index < -0.39 is 0 Å². The number of benzene rings is 2. The van der Waals surface area contributed by atoms with Crippen molar-refractivity contribution in [1.82, 2.24) is 4.90 Å². The van der Waals surface area contributed by atoms with Crippen molar-refractivity contribution >= 4 is 46.4 Å². The predicted octanol–water partition coefficient (Wildman–Crippen LogP) is 3.94. The van der Waals surface area contributed by atoms with Crippen LogP contribution < -0.4 is 9.64 Å². The minimum absolute atomic E-state index is 0.0367. The van der Waals surface area contributed by atoms with Crippen molar-refractivity contribution in [2.75, 3.05) is 24.3 Å². The summed E-state index contributed by atoms with van der Waals surface area (Å²) in [6, 6.07) is 13.2. The number of carbonyl (C=O) groups excluding carboxylic acids is 3. The number of ether oxygens (including phenoxy) is 1. The number of amidine groups is 1. The SMILES string of the molecule is COc1ccc(C=C2N=C(SCC(=O)N3CCCC3=O)N(c3cc(C)cc(C)c3)C2=O)cc1. The number of likely N-dealkylation sites (tertiary alicyclic amines) is 1. The molecule has 0 N–H and O–H groups in total. The maximum absolute atomic E-state index is 13.4. The number of hydrogen-bond donors (Lipinski definition) is 0. The summed E-state index contributed by atoms with van der Waals surface area (Å²) in [4.78, 5) is 45.3. The molecular weight excluding hydrogens is 438 g/mol. The van der Waals surface area contributed by atoms with Crippen LogP contribution in [0.5, 0.6) is 5.75 Å². The standard InChI is InChI=1S/C25H25N3O4S/c1-16-11-17(2)13-19(12-16)28-24(31)21(14-18-6-8-20(32-3)9-7-18)26-25(28)33-15-23(30)27-10-4-5-22(27)29/h6-9,11-14H,4-5,10,15H2,1-3H3. The zero-order valence-corrected chi connectivity index (χ0v) is 19.6. The van der Waals surface area contributed by atoms with Gasteiger partial charge in [-0.2, -0.15) is 0 Å². The van der Waals surface area contributed by atoms with Crippen LogP contribution >= 0.6 is 11.8 Å². The molecule has 7 nitrogen and oxygen atoms in total. The van der Waals surface area contributed by atoms with E-state index in [1.807, 2.05) is 56.3 Å². The third-order valence-electron chi connectivity index (χ3n) is 5.41. The van der Waals surface area contributed by atoms with E-state index in [0.717, 1.165) is 22.4 Å². The lowest BCUT2D eigenvalue weighted by Crippen LogP contribution is -2.35. The molecule has 0 aliphatic carbocycles. The molecule has 1 fully saturated rings. The largest absolute Gasteiger partial charge is 0.497 e. The molecule has 0 saturated carbocycles. The van der Waals surface area contributed by atoms with Crippen molar-refractivity contribution < 1.29 is 19.1 Å². The Bertz CT molecular complexity index is 1150. The van der Waals surface area contributed by atoms with Crippen molar-refractivity contribution in [3.63, 3.8) is 0 Å². The van der Waals surface area contributed by atoms with E-state index in [9.17, 15) is 14.4 Å². The van der Waals surface area contributed by atoms with E-state index in [4.69, 9.17) is 4.74 Å². The molecule has 170 valence electrons. The molecule has 0 unspecified atom stereocenters. The van der Waals surface area contributed by atoms with Gasteiger partial charge >= 0.3 is 0 Å². The quantitative estimate of drug-likeness (QED) is 0.628. The molecule has 0 radical (unpaired) electrons. The Labute approximate surface area is 197 Å². The number of methoxy groups -OCH3 is 1. The molecule has 0 spiro atoms. The molecule has 2 aromatic rings. The predicted molar refractivity (Wildman–Crippen MR) is 130 cm³/mol. The lowest BCUT2D eigenvalue weighted by atomic mass is 10.1. The number of anilines is 1. The molecule has 0 atom stereocenters. The van der Waals surface area contributed by atoms with Crippen molar-refractivity contribution in [2.24, 2.45) is 4.99 Å². The van der Waals surface area contributed by atoms with Gasteiger partial charge in [-0.3, -0.25) is 24.2 Å². The van der Waals surface area contributed by atoms with Gasteiger partial charge in [-0.25, -0.2) is 4.99 Å². The number of amides is 3. The number of hydrogen-bond acceptors (Lipinski definition) is 6. The normalized spacial score (nSPS) is 17.2. The first-order valence-corrected chi connectivity index (χ1v) is 11.7. The van der Waals surface area contributed by atoms with Gasteiger partial charge in [0.1, 0.15) is 11.4 Å². The highest BCUT2D eigenvalue weighted by atomic mass is 32.2. The van der Waals surface area contributed by atoms with E-state index in [1.165, 1.54) is 16.7 Å². The Morgan fingerprint density at radius 1 is 1.12 bits per heavy atom. The summed E-state index contributed by atoms with van der Waals surface area (Å²) in [5.74, 6) is 0.0981. The highest BCUT2D eigenvalue weighted by Crippen LogP contribution is 2.31. The van der Waals surface area contributed by atoms with Crippen LogP contribution in [0, 0.1) is 13.8 Å². The average molecular weight is 464 g/mol. The van der Waals surface area contributed by atoms with Crippen LogP contribution in [0.1, 0.15) is 29.5 Å². The zero-order valence-electron chi connectivity index (χ0n) is 18.8. The molecule has 8 heteroatoms. The Hall–Kier alpha value is -3.39. The van der Waals surface area contributed by atoms with Crippen LogP contribution in [0.15, 0.2) is 53.2 Å². The summed E-state index contributed by atoms with van der Waals surface area (Å²) in [6.07, 6.45) is 2.81. The van der Waals surface area contributed by atoms with E-state index in [0.29, 0.717) is 30.2 Å². The van der Waals surface area contributed by atoms with Crippen LogP contribution in [0.3, 0.4) is 0 Å². The topological polar surface area (TPSA) is 79.3 Å². The molecule has 0 bridgehead atoms. The Balaban J connectivity index is 1.63. The van der Waals surface area contributed by atoms with Crippen LogP contribution in [-0.4, -0.2) is 47.2 Å². The van der Waals surface area contributed by atoms with E-state index in [-0.39, 0.29) is 29.2 Å². The first-order chi connectivity index (χ1) is 15.9. The molecule has 4 rings (SSSR count). The second-order valence-electron chi connectivity index (χ2n) is 8.01. The van der Waals surface area contributed by atoms with Crippen LogP contribution in [0.25, 0.3) is 6.08 Å². The number of carbonyl (C=O) groups is 3. The van der Waals surface area contributed by atoms with E-state index in [1.54, 1.807) is 18.1 Å². The molecule has 33 heavy (non-hydrogen) atoms. The number of imide groups is 1. The maximum atomic E-state index is 13.4. The number of nitrogens with zero attached hydrogens (tertiary/aromatic N) is 3. The van der Waals surface area contributed by atoms with Crippen molar-refractivity contribution in [1.29, 1.82) is 0 Å². The summed E-state index contributed by atoms with van der Waals surface area (Å²) in [5.41, 5.74) is 3.84. The summed E-state index contributed by atoms with van der Waals surface area (Å²) in [5, 5.41) is 0.421. The van der Waals surface area contributed by atoms with Gasteiger partial charge in [0, 0.05) is 13.0 Å². The lowest BCUT2D eigenvalue weighted by molar-refractivity contribution is -0.140. The lowest BCUT2D eigenvalue weighted by Gasteiger charge is -2.20. The van der Waals surface area contributed by atoms with Crippen LogP contribution in [0.2, 0.25) is 0 Å². The van der Waals surface area contributed by atoms with Gasteiger partial charge in [0.05, 0.1) is 18.6 Å².